The first-order chi connectivity index (χ1) is 8.42. The molecule has 90 valence electrons. The maximum absolute atomic E-state index is 5.62. The third kappa shape index (κ3) is 2.65. The van der Waals surface area contributed by atoms with E-state index in [-0.39, 0.29) is 0 Å². The number of aromatic nitrogens is 1. The molecule has 0 bridgehead atoms. The summed E-state index contributed by atoms with van der Waals surface area (Å²) < 4.78 is 1.24. The van der Waals surface area contributed by atoms with Gasteiger partial charge < -0.3 is 0 Å². The Morgan fingerprint density at radius 1 is 1.29 bits per heavy atom. The van der Waals surface area contributed by atoms with Crippen molar-refractivity contribution < 1.29 is 4.84 Å². The second kappa shape index (κ2) is 5.12. The lowest BCUT2D eigenvalue weighted by Crippen LogP contribution is -2.21. The molecule has 2 aromatic rings. The molecule has 0 radical (unpaired) electrons. The van der Waals surface area contributed by atoms with Gasteiger partial charge in [0, 0.05) is 0 Å². The highest BCUT2D eigenvalue weighted by Crippen LogP contribution is 2.22. The minimum absolute atomic E-state index is 0.407. The molecule has 0 atom stereocenters. The molecule has 1 aliphatic carbocycles. The Balaban J connectivity index is 1.57. The number of nitrogens with one attached hydrogen (secondary N) is 1. The van der Waals surface area contributed by atoms with Gasteiger partial charge in [-0.15, -0.1) is 11.3 Å². The average Bonchev–Trinajstić information content (AvgIpc) is 2.96. The number of benzene rings is 1. The summed E-state index contributed by atoms with van der Waals surface area (Å²) in [7, 11) is 0. The third-order valence-corrected chi connectivity index (χ3v) is 4.15. The molecule has 1 aromatic carbocycles. The number of hydrogen-bond acceptors (Lipinski definition) is 4. The van der Waals surface area contributed by atoms with Gasteiger partial charge in [0.2, 0.25) is 0 Å². The Kier molecular flexibility index (Phi) is 3.36. The molecule has 1 aliphatic rings. The predicted molar refractivity (Wildman–Crippen MR) is 69.8 cm³/mol. The molecule has 0 aliphatic heterocycles. The van der Waals surface area contributed by atoms with Gasteiger partial charge in [0.25, 0.3) is 0 Å². The van der Waals surface area contributed by atoms with Crippen LogP contribution in [0.2, 0.25) is 0 Å². The van der Waals surface area contributed by atoms with E-state index >= 15 is 0 Å². The van der Waals surface area contributed by atoms with E-state index in [1.54, 1.807) is 11.3 Å². The van der Waals surface area contributed by atoms with Crippen LogP contribution in [-0.2, 0) is 11.4 Å². The summed E-state index contributed by atoms with van der Waals surface area (Å²) in [5.74, 6) is 0. The number of hydrogen-bond donors (Lipinski definition) is 1. The lowest BCUT2D eigenvalue weighted by molar-refractivity contribution is -0.0244. The Morgan fingerprint density at radius 3 is 2.94 bits per heavy atom. The molecule has 17 heavy (non-hydrogen) atoms. The van der Waals surface area contributed by atoms with E-state index in [0.29, 0.717) is 12.6 Å². The zero-order valence-corrected chi connectivity index (χ0v) is 10.5. The van der Waals surface area contributed by atoms with Crippen LogP contribution in [-0.4, -0.2) is 11.1 Å². The second-order valence-corrected chi connectivity index (χ2v) is 5.54. The monoisotopic (exact) mass is 248 g/mol. The lowest BCUT2D eigenvalue weighted by atomic mass is 10.3. The Morgan fingerprint density at radius 2 is 2.12 bits per heavy atom. The van der Waals surface area contributed by atoms with Crippen molar-refractivity contribution in [1.82, 2.24) is 10.5 Å². The molecule has 0 unspecified atom stereocenters. The molecule has 4 heteroatoms. The molecule has 0 saturated heterocycles. The summed E-state index contributed by atoms with van der Waals surface area (Å²) in [6.45, 7) is 0.704. The van der Waals surface area contributed by atoms with Crippen molar-refractivity contribution in [3.05, 3.63) is 29.3 Å². The normalized spacial score (nSPS) is 16.9. The summed E-state index contributed by atoms with van der Waals surface area (Å²) in [4.78, 5) is 10.2. The SMILES string of the molecule is c1ccc2sc(CNOC3CCCC3)nc2c1. The summed E-state index contributed by atoms with van der Waals surface area (Å²) in [5.41, 5.74) is 4.13. The quantitative estimate of drug-likeness (QED) is 0.843. The smallest absolute Gasteiger partial charge is 0.110 e. The van der Waals surface area contributed by atoms with Crippen LogP contribution >= 0.6 is 11.3 Å². The largest absolute Gasteiger partial charge is 0.298 e. The minimum Gasteiger partial charge on any atom is -0.298 e. The zero-order chi connectivity index (χ0) is 11.5. The van der Waals surface area contributed by atoms with Gasteiger partial charge in [-0.1, -0.05) is 25.0 Å². The summed E-state index contributed by atoms with van der Waals surface area (Å²) in [6.07, 6.45) is 5.38. The van der Waals surface area contributed by atoms with Crippen molar-refractivity contribution in [1.29, 1.82) is 0 Å². The van der Waals surface area contributed by atoms with Gasteiger partial charge in [0.05, 0.1) is 22.9 Å². The van der Waals surface area contributed by atoms with Crippen LogP contribution in [0.15, 0.2) is 24.3 Å². The highest BCUT2D eigenvalue weighted by molar-refractivity contribution is 7.18. The van der Waals surface area contributed by atoms with Gasteiger partial charge in [-0.2, -0.15) is 5.48 Å². The van der Waals surface area contributed by atoms with Crippen LogP contribution in [0.3, 0.4) is 0 Å². The van der Waals surface area contributed by atoms with Gasteiger partial charge in [0.15, 0.2) is 0 Å². The Hall–Kier alpha value is -0.970. The third-order valence-electron chi connectivity index (χ3n) is 3.11. The van der Waals surface area contributed by atoms with E-state index in [9.17, 15) is 0 Å². The minimum atomic E-state index is 0.407. The molecule has 1 aromatic heterocycles. The maximum atomic E-state index is 5.62. The van der Waals surface area contributed by atoms with E-state index in [4.69, 9.17) is 4.84 Å². The van der Waals surface area contributed by atoms with Crippen LogP contribution < -0.4 is 5.48 Å². The first-order valence-corrected chi connectivity index (χ1v) is 6.96. The first-order valence-electron chi connectivity index (χ1n) is 6.15. The molecule has 3 rings (SSSR count). The molecule has 0 spiro atoms. The zero-order valence-electron chi connectivity index (χ0n) is 9.69. The van der Waals surface area contributed by atoms with Crippen molar-refractivity contribution in [3.63, 3.8) is 0 Å². The Labute approximate surface area is 105 Å². The number of hydroxylamine groups is 1. The van der Waals surface area contributed by atoms with Gasteiger partial charge in [0.1, 0.15) is 5.01 Å². The fraction of sp³-hybridized carbons (Fsp3) is 0.462. The average molecular weight is 248 g/mol. The maximum Gasteiger partial charge on any atom is 0.110 e. The highest BCUT2D eigenvalue weighted by atomic mass is 32.1. The standard InChI is InChI=1S/C13H16N2OS/c1-2-6-10(5-1)16-14-9-13-15-11-7-3-4-8-12(11)17-13/h3-4,7-8,10,14H,1-2,5-6,9H2. The number of para-hydroxylation sites is 1. The Bertz CT molecular complexity index is 458. The van der Waals surface area contributed by atoms with Crippen LogP contribution in [0.25, 0.3) is 10.2 Å². The molecule has 3 nitrogen and oxygen atoms in total. The summed E-state index contributed by atoms with van der Waals surface area (Å²) >= 11 is 1.73. The second-order valence-electron chi connectivity index (χ2n) is 4.42. The van der Waals surface area contributed by atoms with E-state index in [2.05, 4.69) is 16.5 Å². The highest BCUT2D eigenvalue weighted by Gasteiger charge is 2.15. The van der Waals surface area contributed by atoms with Crippen LogP contribution in [0.5, 0.6) is 0 Å². The lowest BCUT2D eigenvalue weighted by Gasteiger charge is -2.09. The number of nitrogens with zero attached hydrogens (tertiary/aromatic N) is 1. The van der Waals surface area contributed by atoms with Crippen LogP contribution in [0.1, 0.15) is 30.7 Å². The van der Waals surface area contributed by atoms with E-state index in [0.717, 1.165) is 10.5 Å². The van der Waals surface area contributed by atoms with Crippen molar-refractivity contribution >= 4 is 21.6 Å². The molecular formula is C13H16N2OS. The number of rotatable bonds is 4. The molecule has 0 amide bonds. The van der Waals surface area contributed by atoms with Crippen molar-refractivity contribution in [2.24, 2.45) is 0 Å². The van der Waals surface area contributed by atoms with E-state index in [1.165, 1.54) is 30.4 Å². The van der Waals surface area contributed by atoms with Crippen molar-refractivity contribution in [2.45, 2.75) is 38.3 Å². The van der Waals surface area contributed by atoms with Crippen LogP contribution in [0, 0.1) is 0 Å². The predicted octanol–water partition coefficient (Wildman–Crippen LogP) is 3.26. The first kappa shape index (κ1) is 11.1. The molecule has 1 N–H and O–H groups in total. The van der Waals surface area contributed by atoms with Crippen molar-refractivity contribution in [3.8, 4) is 0 Å². The molecule has 1 fully saturated rings. The van der Waals surface area contributed by atoms with Crippen molar-refractivity contribution in [2.75, 3.05) is 0 Å². The van der Waals surface area contributed by atoms with E-state index < -0.39 is 0 Å². The van der Waals surface area contributed by atoms with Gasteiger partial charge in [-0.3, -0.25) is 4.84 Å². The van der Waals surface area contributed by atoms with Gasteiger partial charge in [-0.05, 0) is 25.0 Å². The van der Waals surface area contributed by atoms with Gasteiger partial charge in [-0.25, -0.2) is 4.98 Å². The molecular weight excluding hydrogens is 232 g/mol. The molecule has 1 heterocycles. The van der Waals surface area contributed by atoms with E-state index in [1.807, 2.05) is 18.2 Å². The topological polar surface area (TPSA) is 34.1 Å². The number of thiazole rings is 1. The van der Waals surface area contributed by atoms with Gasteiger partial charge >= 0.3 is 0 Å². The fourth-order valence-electron chi connectivity index (χ4n) is 2.22. The molecule has 1 saturated carbocycles. The summed E-state index contributed by atoms with van der Waals surface area (Å²) in [5, 5.41) is 1.09. The summed E-state index contributed by atoms with van der Waals surface area (Å²) in [6, 6.07) is 8.22. The van der Waals surface area contributed by atoms with Crippen LogP contribution in [0.4, 0.5) is 0 Å². The fourth-order valence-corrected chi connectivity index (χ4v) is 3.12. The number of fused-ring (bicyclic) bond motifs is 1.